The van der Waals surface area contributed by atoms with E-state index >= 15 is 0 Å². The zero-order valence-electron chi connectivity index (χ0n) is 13.2. The topological polar surface area (TPSA) is 59.8 Å². The fraction of sp³-hybridized carbons (Fsp3) is 0.235. The second kappa shape index (κ2) is 7.59. The number of nitrogens with zero attached hydrogens (tertiary/aromatic N) is 3. The number of nitrogens with one attached hydrogen (secondary N) is 1. The van der Waals surface area contributed by atoms with E-state index in [2.05, 4.69) is 15.4 Å². The SMILES string of the molecule is Cc1cnc(CCNc2cnn(Cc3ccccc3)c(=O)c2Cl)s1. The molecule has 0 aliphatic carbocycles. The fourth-order valence-corrected chi connectivity index (χ4v) is 3.28. The summed E-state index contributed by atoms with van der Waals surface area (Å²) in [6.07, 6.45) is 4.24. The van der Waals surface area contributed by atoms with Gasteiger partial charge in [0.2, 0.25) is 0 Å². The lowest BCUT2D eigenvalue weighted by Gasteiger charge is -2.10. The predicted molar refractivity (Wildman–Crippen MR) is 98.1 cm³/mol. The summed E-state index contributed by atoms with van der Waals surface area (Å²) in [6.45, 7) is 3.08. The third kappa shape index (κ3) is 4.01. The van der Waals surface area contributed by atoms with Crippen molar-refractivity contribution in [1.29, 1.82) is 0 Å². The Morgan fingerprint density at radius 1 is 1.25 bits per heavy atom. The third-order valence-electron chi connectivity index (χ3n) is 3.48. The summed E-state index contributed by atoms with van der Waals surface area (Å²) in [4.78, 5) is 17.8. The minimum Gasteiger partial charge on any atom is -0.382 e. The molecule has 2 aromatic heterocycles. The third-order valence-corrected chi connectivity index (χ3v) is 4.82. The van der Waals surface area contributed by atoms with Crippen molar-refractivity contribution in [3.05, 3.63) is 73.6 Å². The van der Waals surface area contributed by atoms with Crippen LogP contribution in [0, 0.1) is 6.92 Å². The van der Waals surface area contributed by atoms with Gasteiger partial charge in [0.1, 0.15) is 5.02 Å². The van der Waals surface area contributed by atoms with Crippen molar-refractivity contribution in [3.63, 3.8) is 0 Å². The van der Waals surface area contributed by atoms with Crippen LogP contribution in [-0.2, 0) is 13.0 Å². The lowest BCUT2D eigenvalue weighted by atomic mass is 10.2. The van der Waals surface area contributed by atoms with Gasteiger partial charge in [-0.15, -0.1) is 11.3 Å². The lowest BCUT2D eigenvalue weighted by molar-refractivity contribution is 0.640. The first-order valence-corrected chi connectivity index (χ1v) is 8.77. The van der Waals surface area contributed by atoms with Crippen LogP contribution in [0.5, 0.6) is 0 Å². The molecule has 2 heterocycles. The molecule has 1 aromatic carbocycles. The molecule has 3 rings (SSSR count). The van der Waals surface area contributed by atoms with Gasteiger partial charge < -0.3 is 5.32 Å². The number of aromatic nitrogens is 3. The number of hydrogen-bond acceptors (Lipinski definition) is 5. The highest BCUT2D eigenvalue weighted by Crippen LogP contribution is 2.17. The van der Waals surface area contributed by atoms with Gasteiger partial charge in [-0.2, -0.15) is 5.10 Å². The van der Waals surface area contributed by atoms with E-state index in [0.29, 0.717) is 18.8 Å². The minimum atomic E-state index is -0.296. The molecule has 0 saturated heterocycles. The molecule has 0 fully saturated rings. The number of aryl methyl sites for hydroxylation is 1. The molecule has 0 radical (unpaired) electrons. The van der Waals surface area contributed by atoms with Gasteiger partial charge in [-0.25, -0.2) is 9.67 Å². The van der Waals surface area contributed by atoms with E-state index in [0.717, 1.165) is 17.0 Å². The summed E-state index contributed by atoms with van der Waals surface area (Å²) < 4.78 is 1.37. The van der Waals surface area contributed by atoms with Gasteiger partial charge in [-0.1, -0.05) is 41.9 Å². The minimum absolute atomic E-state index is 0.163. The first-order chi connectivity index (χ1) is 11.6. The van der Waals surface area contributed by atoms with E-state index in [9.17, 15) is 4.79 Å². The molecular formula is C17H17ClN4OS. The van der Waals surface area contributed by atoms with Gasteiger partial charge in [0.25, 0.3) is 5.56 Å². The van der Waals surface area contributed by atoms with E-state index in [1.54, 1.807) is 17.5 Å². The predicted octanol–water partition coefficient (Wildman–Crippen LogP) is 3.36. The van der Waals surface area contributed by atoms with Gasteiger partial charge in [-0.05, 0) is 12.5 Å². The number of anilines is 1. The average Bonchev–Trinajstić information content (AvgIpc) is 3.00. The van der Waals surface area contributed by atoms with Crippen LogP contribution in [0.3, 0.4) is 0 Å². The molecule has 0 aliphatic rings. The molecule has 3 aromatic rings. The van der Waals surface area contributed by atoms with Crippen LogP contribution in [0.4, 0.5) is 5.69 Å². The summed E-state index contributed by atoms with van der Waals surface area (Å²) in [5.74, 6) is 0. The molecule has 7 heteroatoms. The van der Waals surface area contributed by atoms with Crippen molar-refractivity contribution < 1.29 is 0 Å². The first-order valence-electron chi connectivity index (χ1n) is 7.58. The molecule has 5 nitrogen and oxygen atoms in total. The molecule has 0 aliphatic heterocycles. The molecule has 1 N–H and O–H groups in total. The van der Waals surface area contributed by atoms with E-state index in [-0.39, 0.29) is 10.6 Å². The molecule has 0 amide bonds. The molecule has 0 bridgehead atoms. The smallest absolute Gasteiger partial charge is 0.287 e. The monoisotopic (exact) mass is 360 g/mol. The maximum atomic E-state index is 12.3. The summed E-state index contributed by atoms with van der Waals surface area (Å²) >= 11 is 7.87. The quantitative estimate of drug-likeness (QED) is 0.732. The summed E-state index contributed by atoms with van der Waals surface area (Å²) in [5, 5.41) is 8.59. The van der Waals surface area contributed by atoms with E-state index in [4.69, 9.17) is 11.6 Å². The van der Waals surface area contributed by atoms with Crippen molar-refractivity contribution in [2.75, 3.05) is 11.9 Å². The number of benzene rings is 1. The van der Waals surface area contributed by atoms with Crippen molar-refractivity contribution in [2.45, 2.75) is 19.9 Å². The Hall–Kier alpha value is -2.18. The van der Waals surface area contributed by atoms with Gasteiger partial charge in [0, 0.05) is 24.0 Å². The van der Waals surface area contributed by atoms with Crippen LogP contribution in [0.25, 0.3) is 0 Å². The Morgan fingerprint density at radius 2 is 2.04 bits per heavy atom. The Labute approximate surface area is 148 Å². The van der Waals surface area contributed by atoms with E-state index in [1.807, 2.05) is 43.5 Å². The van der Waals surface area contributed by atoms with Gasteiger partial charge in [0.05, 0.1) is 23.4 Å². The number of thiazole rings is 1. The summed E-state index contributed by atoms with van der Waals surface area (Å²) in [7, 11) is 0. The van der Waals surface area contributed by atoms with Crippen LogP contribution in [0.1, 0.15) is 15.4 Å². The highest BCUT2D eigenvalue weighted by molar-refractivity contribution is 7.11. The van der Waals surface area contributed by atoms with Crippen LogP contribution in [0.15, 0.2) is 47.5 Å². The Morgan fingerprint density at radius 3 is 2.75 bits per heavy atom. The van der Waals surface area contributed by atoms with Gasteiger partial charge in [-0.3, -0.25) is 4.79 Å². The second-order valence-corrected chi connectivity index (χ2v) is 7.06. The maximum absolute atomic E-state index is 12.3. The Balaban J connectivity index is 1.67. The van der Waals surface area contributed by atoms with Crippen LogP contribution in [0.2, 0.25) is 5.02 Å². The average molecular weight is 361 g/mol. The molecule has 0 unspecified atom stereocenters. The molecule has 0 saturated carbocycles. The van der Waals surface area contributed by atoms with E-state index < -0.39 is 0 Å². The summed E-state index contributed by atoms with van der Waals surface area (Å²) in [5.41, 5.74) is 1.26. The fourth-order valence-electron chi connectivity index (χ4n) is 2.28. The highest BCUT2D eigenvalue weighted by Gasteiger charge is 2.09. The van der Waals surface area contributed by atoms with Gasteiger partial charge >= 0.3 is 0 Å². The second-order valence-electron chi connectivity index (χ2n) is 5.36. The zero-order chi connectivity index (χ0) is 16.9. The van der Waals surface area contributed by atoms with Crippen molar-refractivity contribution >= 4 is 28.6 Å². The first kappa shape index (κ1) is 16.7. The lowest BCUT2D eigenvalue weighted by Crippen LogP contribution is -2.25. The van der Waals surface area contributed by atoms with Crippen molar-refractivity contribution in [1.82, 2.24) is 14.8 Å². The van der Waals surface area contributed by atoms with Crippen molar-refractivity contribution in [2.24, 2.45) is 0 Å². The molecule has 124 valence electrons. The largest absolute Gasteiger partial charge is 0.382 e. The molecule has 0 spiro atoms. The molecule has 0 atom stereocenters. The number of halogens is 1. The van der Waals surface area contributed by atoms with Gasteiger partial charge in [0.15, 0.2) is 0 Å². The van der Waals surface area contributed by atoms with Crippen LogP contribution >= 0.6 is 22.9 Å². The number of rotatable bonds is 6. The standard InChI is InChI=1S/C17H17ClN4OS/c1-12-9-20-15(24-12)7-8-19-14-10-21-22(17(23)16(14)18)11-13-5-3-2-4-6-13/h2-6,9-10,19H,7-8,11H2,1H3. The maximum Gasteiger partial charge on any atom is 0.287 e. The highest BCUT2D eigenvalue weighted by atomic mass is 35.5. The van der Waals surface area contributed by atoms with Crippen LogP contribution in [-0.4, -0.2) is 21.3 Å². The normalized spacial score (nSPS) is 10.8. The van der Waals surface area contributed by atoms with Crippen LogP contribution < -0.4 is 10.9 Å². The number of hydrogen-bond donors (Lipinski definition) is 1. The van der Waals surface area contributed by atoms with E-state index in [1.165, 1.54) is 9.56 Å². The molecular weight excluding hydrogens is 344 g/mol. The zero-order valence-corrected chi connectivity index (χ0v) is 14.8. The molecule has 24 heavy (non-hydrogen) atoms. The summed E-state index contributed by atoms with van der Waals surface area (Å²) in [6, 6.07) is 9.69. The Bertz CT molecular complexity index is 876. The van der Waals surface area contributed by atoms with Crippen molar-refractivity contribution in [3.8, 4) is 0 Å². The Kier molecular flexibility index (Phi) is 5.27.